The Labute approximate surface area is 107 Å². The molecule has 3 unspecified atom stereocenters. The van der Waals surface area contributed by atoms with Gasteiger partial charge in [0.25, 0.3) is 0 Å². The molecule has 1 aromatic rings. The zero-order valence-corrected chi connectivity index (χ0v) is 10.4. The molecular formula is C15H18FNO. The fourth-order valence-corrected chi connectivity index (χ4v) is 3.64. The van der Waals surface area contributed by atoms with E-state index in [2.05, 4.69) is 5.32 Å². The van der Waals surface area contributed by atoms with Crippen molar-refractivity contribution in [2.45, 2.75) is 32.1 Å². The first kappa shape index (κ1) is 11.7. The van der Waals surface area contributed by atoms with Crippen molar-refractivity contribution in [3.05, 3.63) is 30.1 Å². The van der Waals surface area contributed by atoms with E-state index in [9.17, 15) is 9.18 Å². The first-order chi connectivity index (χ1) is 8.70. The normalized spacial score (nSPS) is 29.5. The Morgan fingerprint density at radius 1 is 1.33 bits per heavy atom. The van der Waals surface area contributed by atoms with Crippen molar-refractivity contribution in [1.29, 1.82) is 0 Å². The van der Waals surface area contributed by atoms with Gasteiger partial charge in [-0.05, 0) is 55.2 Å². The molecular weight excluding hydrogens is 229 g/mol. The molecule has 0 heterocycles. The molecule has 2 bridgehead atoms. The molecule has 2 saturated carbocycles. The third-order valence-electron chi connectivity index (χ3n) is 4.44. The standard InChI is InChI=1S/C15H18FNO/c16-13-2-1-3-14(9-13)17-15(18)8-12-7-10-4-5-11(12)6-10/h1-3,9-12H,4-8H2,(H,17,18). The average Bonchev–Trinajstić information content (AvgIpc) is 2.90. The maximum Gasteiger partial charge on any atom is 0.224 e. The molecule has 0 aliphatic heterocycles. The third-order valence-corrected chi connectivity index (χ3v) is 4.44. The molecule has 0 radical (unpaired) electrons. The number of fused-ring (bicyclic) bond motifs is 2. The Hall–Kier alpha value is -1.38. The van der Waals surface area contributed by atoms with Crippen LogP contribution in [0.1, 0.15) is 32.1 Å². The lowest BCUT2D eigenvalue weighted by Gasteiger charge is -2.20. The van der Waals surface area contributed by atoms with Gasteiger partial charge in [0, 0.05) is 12.1 Å². The van der Waals surface area contributed by atoms with Gasteiger partial charge in [0.05, 0.1) is 0 Å². The number of carbonyl (C=O) groups excluding carboxylic acids is 1. The van der Waals surface area contributed by atoms with Crippen molar-refractivity contribution in [2.24, 2.45) is 17.8 Å². The molecule has 1 amide bonds. The zero-order chi connectivity index (χ0) is 12.5. The number of anilines is 1. The van der Waals surface area contributed by atoms with Gasteiger partial charge >= 0.3 is 0 Å². The van der Waals surface area contributed by atoms with E-state index in [0.29, 0.717) is 18.0 Å². The second kappa shape index (κ2) is 4.71. The predicted octanol–water partition coefficient (Wildman–Crippen LogP) is 3.59. The number of nitrogens with one attached hydrogen (secondary N) is 1. The molecule has 0 saturated heterocycles. The molecule has 0 spiro atoms. The Morgan fingerprint density at radius 2 is 2.22 bits per heavy atom. The lowest BCUT2D eigenvalue weighted by atomic mass is 9.86. The van der Waals surface area contributed by atoms with Crippen molar-refractivity contribution in [2.75, 3.05) is 5.32 Å². The summed E-state index contributed by atoms with van der Waals surface area (Å²) in [4.78, 5) is 11.9. The summed E-state index contributed by atoms with van der Waals surface area (Å²) in [6, 6.07) is 6.08. The summed E-state index contributed by atoms with van der Waals surface area (Å²) in [7, 11) is 0. The van der Waals surface area contributed by atoms with E-state index in [4.69, 9.17) is 0 Å². The molecule has 0 aromatic heterocycles. The van der Waals surface area contributed by atoms with Crippen LogP contribution in [0.15, 0.2) is 24.3 Å². The zero-order valence-electron chi connectivity index (χ0n) is 10.4. The summed E-state index contributed by atoms with van der Waals surface area (Å²) < 4.78 is 13.0. The van der Waals surface area contributed by atoms with Crippen LogP contribution in [0.5, 0.6) is 0 Å². The smallest absolute Gasteiger partial charge is 0.224 e. The molecule has 2 aliphatic carbocycles. The first-order valence-electron chi connectivity index (χ1n) is 6.76. The largest absolute Gasteiger partial charge is 0.326 e. The van der Waals surface area contributed by atoms with Gasteiger partial charge in [-0.3, -0.25) is 4.79 Å². The lowest BCUT2D eigenvalue weighted by molar-refractivity contribution is -0.117. The quantitative estimate of drug-likeness (QED) is 0.869. The molecule has 1 N–H and O–H groups in total. The SMILES string of the molecule is O=C(CC1CC2CCC1C2)Nc1cccc(F)c1. The van der Waals surface area contributed by atoms with Crippen LogP contribution in [0.4, 0.5) is 10.1 Å². The summed E-state index contributed by atoms with van der Waals surface area (Å²) in [5.41, 5.74) is 0.558. The van der Waals surface area contributed by atoms with Crippen molar-refractivity contribution >= 4 is 11.6 Å². The van der Waals surface area contributed by atoms with Gasteiger partial charge < -0.3 is 5.32 Å². The minimum Gasteiger partial charge on any atom is -0.326 e. The van der Waals surface area contributed by atoms with Crippen molar-refractivity contribution < 1.29 is 9.18 Å². The van der Waals surface area contributed by atoms with Crippen molar-refractivity contribution in [3.8, 4) is 0 Å². The van der Waals surface area contributed by atoms with Gasteiger partial charge in [0.2, 0.25) is 5.91 Å². The molecule has 3 heteroatoms. The molecule has 1 aromatic carbocycles. The number of hydrogen-bond donors (Lipinski definition) is 1. The maximum absolute atomic E-state index is 13.0. The van der Waals surface area contributed by atoms with E-state index in [1.54, 1.807) is 12.1 Å². The van der Waals surface area contributed by atoms with Crippen molar-refractivity contribution in [1.82, 2.24) is 0 Å². The van der Waals surface area contributed by atoms with Gasteiger partial charge in [-0.2, -0.15) is 0 Å². The molecule has 3 atom stereocenters. The summed E-state index contributed by atoms with van der Waals surface area (Å²) in [5.74, 6) is 1.89. The van der Waals surface area contributed by atoms with Gasteiger partial charge in [-0.25, -0.2) is 4.39 Å². The fourth-order valence-electron chi connectivity index (χ4n) is 3.64. The highest BCUT2D eigenvalue weighted by molar-refractivity contribution is 5.90. The van der Waals surface area contributed by atoms with Gasteiger partial charge in [0.15, 0.2) is 0 Å². The van der Waals surface area contributed by atoms with Gasteiger partial charge in [0.1, 0.15) is 5.82 Å². The van der Waals surface area contributed by atoms with Crippen LogP contribution >= 0.6 is 0 Å². The molecule has 18 heavy (non-hydrogen) atoms. The number of halogens is 1. The van der Waals surface area contributed by atoms with Crippen LogP contribution in [0.2, 0.25) is 0 Å². The minimum absolute atomic E-state index is 0.0261. The monoisotopic (exact) mass is 247 g/mol. The van der Waals surface area contributed by atoms with Gasteiger partial charge in [-0.1, -0.05) is 12.5 Å². The summed E-state index contributed by atoms with van der Waals surface area (Å²) >= 11 is 0. The maximum atomic E-state index is 13.0. The lowest BCUT2D eigenvalue weighted by Crippen LogP contribution is -2.20. The highest BCUT2D eigenvalue weighted by Gasteiger charge is 2.40. The van der Waals surface area contributed by atoms with E-state index in [1.807, 2.05) is 0 Å². The minimum atomic E-state index is -0.312. The molecule has 2 aliphatic rings. The summed E-state index contributed by atoms with van der Waals surface area (Å²) in [6.45, 7) is 0. The van der Waals surface area contributed by atoms with E-state index in [-0.39, 0.29) is 11.7 Å². The number of rotatable bonds is 3. The van der Waals surface area contributed by atoms with Crippen molar-refractivity contribution in [3.63, 3.8) is 0 Å². The molecule has 2 fully saturated rings. The van der Waals surface area contributed by atoms with E-state index < -0.39 is 0 Å². The Morgan fingerprint density at radius 3 is 2.89 bits per heavy atom. The first-order valence-corrected chi connectivity index (χ1v) is 6.76. The highest BCUT2D eigenvalue weighted by Crippen LogP contribution is 2.49. The average molecular weight is 247 g/mol. The number of benzene rings is 1. The Bertz CT molecular complexity index is 460. The number of hydrogen-bond acceptors (Lipinski definition) is 1. The van der Waals surface area contributed by atoms with Crippen LogP contribution in [-0.4, -0.2) is 5.91 Å². The second-order valence-corrected chi connectivity index (χ2v) is 5.70. The van der Waals surface area contributed by atoms with Crippen LogP contribution in [-0.2, 0) is 4.79 Å². The highest BCUT2D eigenvalue weighted by atomic mass is 19.1. The fraction of sp³-hybridized carbons (Fsp3) is 0.533. The molecule has 96 valence electrons. The summed E-state index contributed by atoms with van der Waals surface area (Å²) in [6.07, 6.45) is 5.77. The Balaban J connectivity index is 1.56. The van der Waals surface area contributed by atoms with Crippen LogP contribution < -0.4 is 5.32 Å². The van der Waals surface area contributed by atoms with E-state index >= 15 is 0 Å². The van der Waals surface area contributed by atoms with Crippen LogP contribution in [0, 0.1) is 23.6 Å². The number of amides is 1. The molecule has 2 nitrogen and oxygen atoms in total. The van der Waals surface area contributed by atoms with Crippen LogP contribution in [0.25, 0.3) is 0 Å². The Kier molecular flexibility index (Phi) is 3.06. The third kappa shape index (κ3) is 2.40. The molecule has 3 rings (SSSR count). The van der Waals surface area contributed by atoms with E-state index in [1.165, 1.54) is 37.8 Å². The second-order valence-electron chi connectivity index (χ2n) is 5.70. The number of carbonyl (C=O) groups is 1. The van der Waals surface area contributed by atoms with Crippen LogP contribution in [0.3, 0.4) is 0 Å². The van der Waals surface area contributed by atoms with Gasteiger partial charge in [-0.15, -0.1) is 0 Å². The summed E-state index contributed by atoms with van der Waals surface area (Å²) in [5, 5.41) is 2.79. The topological polar surface area (TPSA) is 29.1 Å². The van der Waals surface area contributed by atoms with E-state index in [0.717, 1.165) is 11.8 Å². The predicted molar refractivity (Wildman–Crippen MR) is 68.6 cm³/mol.